The maximum absolute atomic E-state index is 12.8. The van der Waals surface area contributed by atoms with Crippen LogP contribution in [-0.2, 0) is 18.9 Å². The molecule has 12 aromatic rings. The number of pyridine rings is 4. The molecule has 8 aliphatic rings. The van der Waals surface area contributed by atoms with Gasteiger partial charge >= 0.3 is 0 Å². The van der Waals surface area contributed by atoms with Crippen molar-refractivity contribution in [2.45, 2.75) is 188 Å². The number of aromatic nitrogens is 16. The fourth-order valence-electron chi connectivity index (χ4n) is 16.4. The average molecular weight is 1750 g/mol. The van der Waals surface area contributed by atoms with Crippen molar-refractivity contribution in [3.05, 3.63) is 167 Å². The highest BCUT2D eigenvalue weighted by molar-refractivity contribution is 6.02. The minimum atomic E-state index is -0.495. The molecule has 12 aromatic heterocycles. The second kappa shape index (κ2) is 39.9. The Morgan fingerprint density at radius 1 is 0.320 bits per heavy atom. The fourth-order valence-corrected chi connectivity index (χ4v) is 16.4. The van der Waals surface area contributed by atoms with Crippen LogP contribution in [0.25, 0.3) is 22.6 Å². The summed E-state index contributed by atoms with van der Waals surface area (Å²) in [6.45, 7) is 4.52. The highest BCUT2D eigenvalue weighted by atomic mass is 16.5. The third kappa shape index (κ3) is 19.9. The van der Waals surface area contributed by atoms with Gasteiger partial charge in [-0.05, 0) is 164 Å². The molecule has 8 fully saturated rings. The molecule has 4 aliphatic heterocycles. The van der Waals surface area contributed by atoms with Crippen molar-refractivity contribution in [1.82, 2.24) is 99.6 Å². The highest BCUT2D eigenvalue weighted by Gasteiger charge is 2.36. The monoisotopic (exact) mass is 1750 g/mol. The molecule has 0 radical (unpaired) electrons. The Labute approximate surface area is 736 Å². The van der Waals surface area contributed by atoms with E-state index in [4.69, 9.17) is 38.9 Å². The summed E-state index contributed by atoms with van der Waals surface area (Å²) in [5, 5.41) is 93.2. The zero-order valence-corrected chi connectivity index (χ0v) is 71.7. The number of hydrogen-bond donors (Lipinski definition) is 16. The van der Waals surface area contributed by atoms with Crippen LogP contribution in [0.1, 0.15) is 204 Å². The maximum atomic E-state index is 12.8. The van der Waals surface area contributed by atoms with Crippen LogP contribution in [0, 0.1) is 0 Å². The number of rotatable bonds is 24. The van der Waals surface area contributed by atoms with Gasteiger partial charge in [-0.1, -0.05) is 24.3 Å². The molecule has 4 aliphatic carbocycles. The topological polar surface area (TPSA) is 503 Å². The largest absolute Gasteiger partial charge is 0.391 e. The molecule has 0 bridgehead atoms. The lowest BCUT2D eigenvalue weighted by Gasteiger charge is -2.32. The Morgan fingerprint density at radius 2 is 0.602 bits per heavy atom. The van der Waals surface area contributed by atoms with E-state index in [1.807, 2.05) is 97.1 Å². The van der Waals surface area contributed by atoms with Crippen molar-refractivity contribution in [1.29, 1.82) is 0 Å². The minimum Gasteiger partial charge on any atom is -0.391 e. The summed E-state index contributed by atoms with van der Waals surface area (Å²) in [5.74, 6) is 6.91. The summed E-state index contributed by atoms with van der Waals surface area (Å²) in [7, 11) is 7.13. The number of carbonyl (C=O) groups is 4. The van der Waals surface area contributed by atoms with E-state index in [1.165, 1.54) is 24.8 Å². The molecule has 0 unspecified atom stereocenters. The summed E-state index contributed by atoms with van der Waals surface area (Å²) >= 11 is 0. The first-order valence-electron chi connectivity index (χ1n) is 44.1. The Hall–Kier alpha value is -13.0. The highest BCUT2D eigenvalue weighted by Crippen LogP contribution is 2.35. The van der Waals surface area contributed by atoms with E-state index in [-0.39, 0.29) is 60.0 Å². The average Bonchev–Trinajstić information content (AvgIpc) is 1.66. The third-order valence-electron chi connectivity index (χ3n) is 24.4. The van der Waals surface area contributed by atoms with Crippen LogP contribution < -0.4 is 63.8 Å². The van der Waals surface area contributed by atoms with Crippen molar-refractivity contribution in [2.24, 2.45) is 0 Å². The molecule has 4 amide bonds. The van der Waals surface area contributed by atoms with Crippen molar-refractivity contribution in [2.75, 3.05) is 110 Å². The van der Waals surface area contributed by atoms with E-state index >= 15 is 0 Å². The summed E-state index contributed by atoms with van der Waals surface area (Å²) in [6.07, 6.45) is 20.5. The lowest BCUT2D eigenvalue weighted by Crippen LogP contribution is -2.50. The fraction of sp³-hybridized carbons (Fsp3) is 0.455. The van der Waals surface area contributed by atoms with Crippen molar-refractivity contribution in [3.8, 4) is 0 Å². The summed E-state index contributed by atoms with van der Waals surface area (Å²) in [5.41, 5.74) is 6.85. The van der Waals surface area contributed by atoms with Gasteiger partial charge in [0.2, 0.25) is 0 Å². The molecule has 16 N–H and O–H groups in total. The van der Waals surface area contributed by atoms with Crippen LogP contribution in [0.5, 0.6) is 0 Å². The molecule has 4 saturated heterocycles. The number of nitrogens with one attached hydrogen (secondary N) is 12. The predicted octanol–water partition coefficient (Wildman–Crippen LogP) is 8.92. The lowest BCUT2D eigenvalue weighted by atomic mass is 9.89. The van der Waals surface area contributed by atoms with E-state index in [9.17, 15) is 39.6 Å². The summed E-state index contributed by atoms with van der Waals surface area (Å²) < 4.78 is 29.2. The van der Waals surface area contributed by atoms with Gasteiger partial charge in [0.15, 0.2) is 22.6 Å². The van der Waals surface area contributed by atoms with Gasteiger partial charge in [-0.15, -0.1) is 0 Å². The van der Waals surface area contributed by atoms with Gasteiger partial charge < -0.3 is 103 Å². The van der Waals surface area contributed by atoms with E-state index in [1.54, 1.807) is 46.3 Å². The van der Waals surface area contributed by atoms with Crippen LogP contribution in [0.2, 0.25) is 0 Å². The normalized spacial score (nSPS) is 22.9. The zero-order valence-electron chi connectivity index (χ0n) is 71.7. The molecule has 4 saturated carbocycles. The lowest BCUT2D eigenvalue weighted by molar-refractivity contribution is 0.0123. The smallest absolute Gasteiger partial charge is 0.257 e. The third-order valence-corrected chi connectivity index (χ3v) is 24.4. The second-order valence-electron chi connectivity index (χ2n) is 33.0. The van der Waals surface area contributed by atoms with Crippen LogP contribution in [0.3, 0.4) is 0 Å². The molecule has 20 rings (SSSR count). The van der Waals surface area contributed by atoms with Gasteiger partial charge in [0.25, 0.3) is 23.6 Å². The van der Waals surface area contributed by atoms with Gasteiger partial charge in [0, 0.05) is 102 Å². The molecule has 40 nitrogen and oxygen atoms in total. The molecule has 128 heavy (non-hydrogen) atoms. The second-order valence-corrected chi connectivity index (χ2v) is 33.0. The number of aliphatic hydroxyl groups excluding tert-OH is 4. The predicted molar refractivity (Wildman–Crippen MR) is 477 cm³/mol. The number of nitrogens with zero attached hydrogens (tertiary/aromatic N) is 16. The van der Waals surface area contributed by atoms with Crippen molar-refractivity contribution >= 4 is 116 Å². The molecule has 0 spiro atoms. The Balaban J connectivity index is 0.000000120. The molecule has 40 heteroatoms. The van der Waals surface area contributed by atoms with Crippen LogP contribution in [0.15, 0.2) is 122 Å². The van der Waals surface area contributed by atoms with Crippen LogP contribution in [0.4, 0.5) is 69.8 Å². The van der Waals surface area contributed by atoms with Gasteiger partial charge in [0.1, 0.15) is 92.1 Å². The van der Waals surface area contributed by atoms with Crippen molar-refractivity contribution in [3.63, 3.8) is 0 Å². The number of hydrogen-bond acceptors (Lipinski definition) is 32. The van der Waals surface area contributed by atoms with Crippen LogP contribution in [-0.4, -0.2) is 239 Å². The van der Waals surface area contributed by atoms with E-state index in [2.05, 4.69) is 104 Å². The molecular formula is C88H108N28O12. The molecule has 16 heterocycles. The van der Waals surface area contributed by atoms with Gasteiger partial charge in [-0.2, -0.15) is 38.5 Å². The van der Waals surface area contributed by atoms with E-state index in [0.717, 1.165) is 139 Å². The van der Waals surface area contributed by atoms with Gasteiger partial charge in [-0.3, -0.25) is 19.2 Å². The van der Waals surface area contributed by atoms with Gasteiger partial charge in [0.05, 0.1) is 110 Å². The van der Waals surface area contributed by atoms with E-state index in [0.29, 0.717) is 165 Å². The first-order chi connectivity index (χ1) is 62.5. The molecule has 672 valence electrons. The molecule has 12 atom stereocenters. The standard InChI is InChI=1S/4C22H27N7O3/c2*1-23-20-10-19(27-18-6-2-5-15(25-18)13-4-3-9-32-12-13)28-21-14(11-24-29(20)21)22(31)26-16-7-8-17(16)30;2*1-23-20-11-19(27-18-7-4-5-15(25-18)17-6-2-3-10-32-17)28-21-13(12-24-29(20)21)22(31)26-14-8-9-16(14)30/h2*2,5-6,10-11,13,16-17,23,30H,3-4,7-9,12H2,1H3,(H,26,31)(H,25,27,28);2*4-5,7,11-12,14,16-17,23,30H,2-3,6,8-10H2,1H3,(H,26,31)(H,25,27,28)/t13-,16+,17+;13-,16-,17-;14-,16+,17+;14-,16+,17-/m0111/s1. The summed E-state index contributed by atoms with van der Waals surface area (Å²) in [6, 6.07) is 29.7. The Bertz CT molecular complexity index is 5210. The number of anilines is 12. The number of aliphatic hydroxyl groups is 4. The molecular weight excluding hydrogens is 1640 g/mol. The SMILES string of the molecule is CNc1cc(Nc2cccc([C@@H]3CCCCO3)n2)nc2c(C(=O)N[C@@H]3CC[C@@H]3O)cnn12.CNc1cc(Nc2cccc([C@@H]3CCCOC3)n2)nc2c(C(=O)N[C@@H]3CC[C@H]3O)cnn12.CNc1cc(Nc2cccc([C@H]3CCCCO3)n2)nc2c(C(=O)N[C@@H]3CC[C@@H]3O)cnn12.CNc1cc(Nc2cccc([C@H]3CCCOC3)n2)nc2c(C(=O)N[C@@H]3CC[C@H]3O)cnn12. The number of ether oxygens (including phenoxy) is 4. The number of fused-ring (bicyclic) bond motifs is 4. The number of carbonyl (C=O) groups excluding carboxylic acids is 4. The van der Waals surface area contributed by atoms with Crippen LogP contribution >= 0.6 is 0 Å². The number of amides is 4. The first-order valence-corrected chi connectivity index (χ1v) is 44.1. The zero-order chi connectivity index (χ0) is 88.3. The van der Waals surface area contributed by atoms with Crippen molar-refractivity contribution < 1.29 is 58.6 Å². The first kappa shape index (κ1) is 87.1. The minimum absolute atomic E-state index is 0.0146. The van der Waals surface area contributed by atoms with Gasteiger partial charge in [-0.25, -0.2) is 39.9 Å². The Kier molecular flexibility index (Phi) is 27.2. The maximum Gasteiger partial charge on any atom is 0.257 e. The Morgan fingerprint density at radius 3 is 0.836 bits per heavy atom. The quantitative estimate of drug-likeness (QED) is 0.0268. The molecule has 0 aromatic carbocycles. The summed E-state index contributed by atoms with van der Waals surface area (Å²) in [4.78, 5) is 88.6. The van der Waals surface area contributed by atoms with E-state index < -0.39 is 24.4 Å².